The predicted octanol–water partition coefficient (Wildman–Crippen LogP) is 3.42. The lowest BCUT2D eigenvalue weighted by Crippen LogP contribution is -2.16. The maximum atomic E-state index is 11.7. The average molecular weight is 302 g/mol. The number of hydrogen-bond acceptors (Lipinski definition) is 6. The molecule has 0 aliphatic rings. The van der Waals surface area contributed by atoms with Gasteiger partial charge in [-0.3, -0.25) is 4.79 Å². The summed E-state index contributed by atoms with van der Waals surface area (Å²) >= 11 is 1.32. The van der Waals surface area contributed by atoms with Crippen LogP contribution in [0.15, 0.2) is 40.0 Å². The molecule has 6 heteroatoms. The number of rotatable bonds is 4. The summed E-state index contributed by atoms with van der Waals surface area (Å²) < 4.78 is 10.8. The minimum atomic E-state index is -0.351. The molecule has 1 atom stereocenters. The molecular formula is C15H14N2O3S. The molecule has 0 aliphatic carbocycles. The smallest absolute Gasteiger partial charge is 0.319 e. The van der Waals surface area contributed by atoms with Crippen molar-refractivity contribution in [2.45, 2.75) is 24.1 Å². The van der Waals surface area contributed by atoms with E-state index in [0.29, 0.717) is 17.2 Å². The van der Waals surface area contributed by atoms with Crippen LogP contribution >= 0.6 is 11.8 Å². The number of hydrogen-bond donors (Lipinski definition) is 0. The summed E-state index contributed by atoms with van der Waals surface area (Å²) in [5.41, 5.74) is 2.14. The van der Waals surface area contributed by atoms with E-state index in [0.717, 1.165) is 16.5 Å². The quantitative estimate of drug-likeness (QED) is 0.418. The second-order valence-electron chi connectivity index (χ2n) is 4.47. The van der Waals surface area contributed by atoms with Crippen molar-refractivity contribution >= 4 is 39.8 Å². The Balaban J connectivity index is 2.01. The Bertz CT molecular complexity index is 800. The first-order chi connectivity index (χ1) is 10.2. The first-order valence-corrected chi connectivity index (χ1v) is 7.54. The molecule has 0 saturated heterocycles. The van der Waals surface area contributed by atoms with E-state index in [9.17, 15) is 4.79 Å². The number of furan rings is 1. The molecule has 0 fully saturated rings. The largest absolute Gasteiger partial charge is 0.465 e. The molecule has 0 bridgehead atoms. The zero-order valence-corrected chi connectivity index (χ0v) is 12.5. The lowest BCUT2D eigenvalue weighted by atomic mass is 10.2. The highest BCUT2D eigenvalue weighted by molar-refractivity contribution is 8.00. The van der Waals surface area contributed by atoms with E-state index < -0.39 is 0 Å². The third-order valence-electron chi connectivity index (χ3n) is 3.03. The summed E-state index contributed by atoms with van der Waals surface area (Å²) in [6, 6.07) is 7.69. The average Bonchev–Trinajstić information content (AvgIpc) is 2.87. The number of carbonyl (C=O) groups excluding carboxylic acids is 1. The van der Waals surface area contributed by atoms with Crippen LogP contribution in [-0.2, 0) is 9.53 Å². The van der Waals surface area contributed by atoms with Crippen LogP contribution in [0.1, 0.15) is 13.8 Å². The summed E-state index contributed by atoms with van der Waals surface area (Å²) in [6.07, 6.45) is 1.49. The summed E-state index contributed by atoms with van der Waals surface area (Å²) in [5, 5.41) is 1.24. The standard InChI is InChI=1S/C15H14N2O3S/c1-3-19-15(18)9(2)21-14-13-12(16-8-17-14)10-6-4-5-7-11(10)20-13/h4-9H,3H2,1-2H3/t9-/m1/s1. The van der Waals surface area contributed by atoms with Gasteiger partial charge in [-0.1, -0.05) is 23.9 Å². The molecule has 108 valence electrons. The highest BCUT2D eigenvalue weighted by atomic mass is 32.2. The molecule has 0 amide bonds. The molecule has 0 saturated carbocycles. The van der Waals surface area contributed by atoms with Crippen LogP contribution in [0.2, 0.25) is 0 Å². The molecule has 2 heterocycles. The first kappa shape index (κ1) is 13.9. The van der Waals surface area contributed by atoms with Gasteiger partial charge < -0.3 is 9.15 Å². The van der Waals surface area contributed by atoms with Crippen molar-refractivity contribution in [2.24, 2.45) is 0 Å². The third-order valence-corrected chi connectivity index (χ3v) is 4.09. The number of para-hydroxylation sites is 1. The zero-order valence-electron chi connectivity index (χ0n) is 11.7. The van der Waals surface area contributed by atoms with E-state index in [1.807, 2.05) is 24.3 Å². The second kappa shape index (κ2) is 5.73. The van der Waals surface area contributed by atoms with Gasteiger partial charge in [0, 0.05) is 5.39 Å². The zero-order chi connectivity index (χ0) is 14.8. The van der Waals surface area contributed by atoms with Gasteiger partial charge >= 0.3 is 5.97 Å². The molecule has 3 rings (SSSR count). The van der Waals surface area contributed by atoms with Gasteiger partial charge in [0.15, 0.2) is 5.58 Å². The van der Waals surface area contributed by atoms with Gasteiger partial charge in [-0.05, 0) is 26.0 Å². The summed E-state index contributed by atoms with van der Waals surface area (Å²) in [4.78, 5) is 20.3. The van der Waals surface area contributed by atoms with Gasteiger partial charge in [0.25, 0.3) is 0 Å². The summed E-state index contributed by atoms with van der Waals surface area (Å²) in [7, 11) is 0. The van der Waals surface area contributed by atoms with Crippen LogP contribution in [0.3, 0.4) is 0 Å². The third kappa shape index (κ3) is 2.58. The minimum absolute atomic E-state index is 0.259. The van der Waals surface area contributed by atoms with Crippen LogP contribution < -0.4 is 0 Å². The Labute approximate surface area is 125 Å². The number of ether oxygens (including phenoxy) is 1. The van der Waals surface area contributed by atoms with Crippen molar-refractivity contribution in [1.82, 2.24) is 9.97 Å². The van der Waals surface area contributed by atoms with Crippen LogP contribution in [0.4, 0.5) is 0 Å². The first-order valence-electron chi connectivity index (χ1n) is 6.66. The number of benzene rings is 1. The van der Waals surface area contributed by atoms with E-state index in [1.165, 1.54) is 18.1 Å². The van der Waals surface area contributed by atoms with Gasteiger partial charge in [0.05, 0.1) is 6.61 Å². The Morgan fingerprint density at radius 2 is 2.19 bits per heavy atom. The van der Waals surface area contributed by atoms with Crippen molar-refractivity contribution in [2.75, 3.05) is 6.61 Å². The van der Waals surface area contributed by atoms with Crippen LogP contribution in [0.25, 0.3) is 22.1 Å². The lowest BCUT2D eigenvalue weighted by Gasteiger charge is -2.09. The maximum Gasteiger partial charge on any atom is 0.319 e. The number of aromatic nitrogens is 2. The van der Waals surface area contributed by atoms with Crippen molar-refractivity contribution < 1.29 is 13.9 Å². The lowest BCUT2D eigenvalue weighted by molar-refractivity contribution is -0.142. The minimum Gasteiger partial charge on any atom is -0.465 e. The molecule has 0 spiro atoms. The Morgan fingerprint density at radius 1 is 1.38 bits per heavy atom. The van der Waals surface area contributed by atoms with Crippen LogP contribution in [0.5, 0.6) is 0 Å². The molecule has 3 aromatic rings. The number of thioether (sulfide) groups is 1. The van der Waals surface area contributed by atoms with Crippen LogP contribution in [0, 0.1) is 0 Å². The van der Waals surface area contributed by atoms with E-state index in [-0.39, 0.29) is 11.2 Å². The van der Waals surface area contributed by atoms with E-state index in [2.05, 4.69) is 9.97 Å². The van der Waals surface area contributed by atoms with Crippen molar-refractivity contribution in [3.8, 4) is 0 Å². The SMILES string of the molecule is CCOC(=O)[C@@H](C)Sc1ncnc2c1oc1ccccc12. The van der Waals surface area contributed by atoms with E-state index in [1.54, 1.807) is 13.8 Å². The number of esters is 1. The highest BCUT2D eigenvalue weighted by Gasteiger charge is 2.20. The van der Waals surface area contributed by atoms with Gasteiger partial charge in [-0.15, -0.1) is 0 Å². The number of fused-ring (bicyclic) bond motifs is 3. The maximum absolute atomic E-state index is 11.7. The summed E-state index contributed by atoms with van der Waals surface area (Å²) in [5.74, 6) is -0.259. The topological polar surface area (TPSA) is 65.2 Å². The molecular weight excluding hydrogens is 288 g/mol. The van der Waals surface area contributed by atoms with Crippen molar-refractivity contribution in [1.29, 1.82) is 0 Å². The fourth-order valence-corrected chi connectivity index (χ4v) is 2.91. The Kier molecular flexibility index (Phi) is 3.79. The normalized spacial score (nSPS) is 12.7. The second-order valence-corrected chi connectivity index (χ2v) is 5.80. The van der Waals surface area contributed by atoms with E-state index in [4.69, 9.17) is 9.15 Å². The fourth-order valence-electron chi connectivity index (χ4n) is 2.06. The fraction of sp³-hybridized carbons (Fsp3) is 0.267. The summed E-state index contributed by atoms with van der Waals surface area (Å²) in [6.45, 7) is 3.95. The van der Waals surface area contributed by atoms with Gasteiger partial charge in [-0.2, -0.15) is 0 Å². The predicted molar refractivity (Wildman–Crippen MR) is 81.3 cm³/mol. The molecule has 0 unspecified atom stereocenters. The van der Waals surface area contributed by atoms with E-state index >= 15 is 0 Å². The molecule has 5 nitrogen and oxygen atoms in total. The van der Waals surface area contributed by atoms with Crippen molar-refractivity contribution in [3.05, 3.63) is 30.6 Å². The number of carbonyl (C=O) groups is 1. The van der Waals surface area contributed by atoms with Gasteiger partial charge in [0.1, 0.15) is 27.7 Å². The van der Waals surface area contributed by atoms with Gasteiger partial charge in [-0.25, -0.2) is 9.97 Å². The molecule has 0 radical (unpaired) electrons. The monoisotopic (exact) mass is 302 g/mol. The Hall–Kier alpha value is -2.08. The van der Waals surface area contributed by atoms with Crippen LogP contribution in [-0.4, -0.2) is 27.8 Å². The van der Waals surface area contributed by atoms with Gasteiger partial charge in [0.2, 0.25) is 0 Å². The molecule has 2 aromatic heterocycles. The Morgan fingerprint density at radius 3 is 3.00 bits per heavy atom. The number of nitrogens with zero attached hydrogens (tertiary/aromatic N) is 2. The molecule has 21 heavy (non-hydrogen) atoms. The highest BCUT2D eigenvalue weighted by Crippen LogP contribution is 2.34. The molecule has 1 aromatic carbocycles. The molecule has 0 aliphatic heterocycles. The molecule has 0 N–H and O–H groups in total. The van der Waals surface area contributed by atoms with Crippen molar-refractivity contribution in [3.63, 3.8) is 0 Å².